The summed E-state index contributed by atoms with van der Waals surface area (Å²) >= 11 is 0. The van der Waals surface area contributed by atoms with Crippen molar-refractivity contribution < 1.29 is 14.6 Å². The molecule has 4 rings (SSSR count). The number of hydrogen-bond acceptors (Lipinski definition) is 5. The van der Waals surface area contributed by atoms with Crippen LogP contribution in [0.4, 0.5) is 5.69 Å². The van der Waals surface area contributed by atoms with Gasteiger partial charge >= 0.3 is 0 Å². The third kappa shape index (κ3) is 3.22. The molecule has 0 amide bonds. The lowest BCUT2D eigenvalue weighted by Crippen LogP contribution is -2.24. The molecule has 1 aromatic carbocycles. The Morgan fingerprint density at radius 3 is 2.96 bits per heavy atom. The van der Waals surface area contributed by atoms with Gasteiger partial charge in [-0.15, -0.1) is 0 Å². The summed E-state index contributed by atoms with van der Waals surface area (Å²) < 4.78 is 11.7. The first kappa shape index (κ1) is 15.4. The zero-order valence-corrected chi connectivity index (χ0v) is 13.8. The average molecular weight is 328 g/mol. The van der Waals surface area contributed by atoms with E-state index in [9.17, 15) is 5.11 Å². The van der Waals surface area contributed by atoms with Crippen LogP contribution in [0.3, 0.4) is 0 Å². The Morgan fingerprint density at radius 2 is 2.17 bits per heavy atom. The molecule has 3 aliphatic rings. The zero-order chi connectivity index (χ0) is 16.4. The van der Waals surface area contributed by atoms with E-state index in [1.54, 1.807) is 0 Å². The van der Waals surface area contributed by atoms with Crippen molar-refractivity contribution in [2.45, 2.75) is 25.4 Å². The monoisotopic (exact) mass is 328 g/mol. The molecule has 0 radical (unpaired) electrons. The van der Waals surface area contributed by atoms with E-state index in [-0.39, 0.29) is 12.7 Å². The molecule has 2 unspecified atom stereocenters. The minimum Gasteiger partial charge on any atom is -0.490 e. The molecule has 5 heteroatoms. The molecule has 0 saturated heterocycles. The Hall–Kier alpha value is -2.14. The molecule has 2 aliphatic heterocycles. The van der Waals surface area contributed by atoms with E-state index in [0.29, 0.717) is 12.5 Å². The molecule has 2 atom stereocenters. The Bertz CT molecular complexity index is 669. The number of aliphatic hydroxyl groups is 1. The van der Waals surface area contributed by atoms with Gasteiger partial charge in [0, 0.05) is 19.7 Å². The molecule has 0 aromatic heterocycles. The van der Waals surface area contributed by atoms with Crippen molar-refractivity contribution in [3.05, 3.63) is 41.8 Å². The van der Waals surface area contributed by atoms with Gasteiger partial charge in [0.2, 0.25) is 0 Å². The normalized spacial score (nSPS) is 25.5. The molecule has 1 fully saturated rings. The second-order valence-corrected chi connectivity index (χ2v) is 6.66. The Kier molecular flexibility index (Phi) is 4.34. The predicted molar refractivity (Wildman–Crippen MR) is 93.8 cm³/mol. The molecule has 5 nitrogen and oxygen atoms in total. The largest absolute Gasteiger partial charge is 0.490 e. The lowest BCUT2D eigenvalue weighted by atomic mass is 10.0. The van der Waals surface area contributed by atoms with Gasteiger partial charge in [-0.2, -0.15) is 0 Å². The van der Waals surface area contributed by atoms with Crippen LogP contribution in [0.1, 0.15) is 24.8 Å². The van der Waals surface area contributed by atoms with Crippen molar-refractivity contribution in [2.24, 2.45) is 5.92 Å². The summed E-state index contributed by atoms with van der Waals surface area (Å²) in [6.07, 6.45) is 7.36. The number of fused-ring (bicyclic) bond motifs is 1. The lowest BCUT2D eigenvalue weighted by molar-refractivity contribution is 0.0997. The number of dihydropyridines is 1. The quantitative estimate of drug-likeness (QED) is 0.793. The zero-order valence-electron chi connectivity index (χ0n) is 13.8. The summed E-state index contributed by atoms with van der Waals surface area (Å²) in [4.78, 5) is 0. The maximum absolute atomic E-state index is 9.22. The third-order valence-electron chi connectivity index (χ3n) is 4.96. The standard InChI is InChI=1S/C19H24N2O3/c22-12-13-1-4-16(9-13)24-19-6-3-15(11-21-19)14-2-5-17-18(10-14)23-8-7-20-17/h2-3,5-6,10,13,16,20-22H,1,4,7-9,11-12H2. The highest BCUT2D eigenvalue weighted by Gasteiger charge is 2.26. The summed E-state index contributed by atoms with van der Waals surface area (Å²) in [5.41, 5.74) is 3.45. The van der Waals surface area contributed by atoms with E-state index >= 15 is 0 Å². The minimum absolute atomic E-state index is 0.221. The van der Waals surface area contributed by atoms with E-state index in [4.69, 9.17) is 9.47 Å². The smallest absolute Gasteiger partial charge is 0.187 e. The van der Waals surface area contributed by atoms with Crippen molar-refractivity contribution in [1.82, 2.24) is 5.32 Å². The van der Waals surface area contributed by atoms with Crippen LogP contribution in [-0.2, 0) is 4.74 Å². The Morgan fingerprint density at radius 1 is 1.21 bits per heavy atom. The van der Waals surface area contributed by atoms with Gasteiger partial charge in [-0.3, -0.25) is 0 Å². The van der Waals surface area contributed by atoms with Crippen LogP contribution < -0.4 is 15.4 Å². The summed E-state index contributed by atoms with van der Waals surface area (Å²) in [6, 6.07) is 6.29. The van der Waals surface area contributed by atoms with Crippen molar-refractivity contribution in [3.63, 3.8) is 0 Å². The van der Waals surface area contributed by atoms with Crippen LogP contribution >= 0.6 is 0 Å². The van der Waals surface area contributed by atoms with E-state index in [1.807, 2.05) is 6.08 Å². The number of anilines is 1. The van der Waals surface area contributed by atoms with Crippen LogP contribution in [0.25, 0.3) is 5.57 Å². The molecule has 128 valence electrons. The SMILES string of the molecule is OCC1CCC(OC2=CC=C(c3ccc4c(c3)OCCN4)CN2)C1. The number of rotatable bonds is 4. The predicted octanol–water partition coefficient (Wildman–Crippen LogP) is 2.50. The maximum Gasteiger partial charge on any atom is 0.187 e. The molecule has 1 aliphatic carbocycles. The van der Waals surface area contributed by atoms with Crippen molar-refractivity contribution in [1.29, 1.82) is 0 Å². The second kappa shape index (κ2) is 6.77. The van der Waals surface area contributed by atoms with E-state index in [0.717, 1.165) is 49.7 Å². The third-order valence-corrected chi connectivity index (χ3v) is 4.96. The number of allylic oxidation sites excluding steroid dienone is 2. The van der Waals surface area contributed by atoms with Crippen LogP contribution in [0.15, 0.2) is 36.2 Å². The number of benzene rings is 1. The number of nitrogens with one attached hydrogen (secondary N) is 2. The first-order valence-electron chi connectivity index (χ1n) is 8.75. The highest BCUT2D eigenvalue weighted by Crippen LogP contribution is 2.32. The van der Waals surface area contributed by atoms with Crippen molar-refractivity contribution in [3.8, 4) is 5.75 Å². The van der Waals surface area contributed by atoms with Crippen molar-refractivity contribution in [2.75, 3.05) is 31.6 Å². The number of ether oxygens (including phenoxy) is 2. The fourth-order valence-electron chi connectivity index (χ4n) is 3.57. The molecular formula is C19H24N2O3. The second-order valence-electron chi connectivity index (χ2n) is 6.66. The first-order valence-corrected chi connectivity index (χ1v) is 8.75. The minimum atomic E-state index is 0.221. The van der Waals surface area contributed by atoms with Crippen LogP contribution in [0, 0.1) is 5.92 Å². The fourth-order valence-corrected chi connectivity index (χ4v) is 3.57. The highest BCUT2D eigenvalue weighted by atomic mass is 16.5. The van der Waals surface area contributed by atoms with Gasteiger partial charge < -0.3 is 25.2 Å². The molecule has 1 aromatic rings. The van der Waals surface area contributed by atoms with E-state index in [2.05, 4.69) is 34.9 Å². The molecule has 3 N–H and O–H groups in total. The molecule has 0 spiro atoms. The molecule has 1 saturated carbocycles. The fraction of sp³-hybridized carbons (Fsp3) is 0.474. The van der Waals surface area contributed by atoms with Crippen molar-refractivity contribution >= 4 is 11.3 Å². The van der Waals surface area contributed by atoms with Gasteiger partial charge in [0.15, 0.2) is 5.88 Å². The van der Waals surface area contributed by atoms with Gasteiger partial charge in [0.05, 0.1) is 5.69 Å². The Labute approximate surface area is 142 Å². The average Bonchev–Trinajstić information content (AvgIpc) is 3.09. The number of aliphatic hydroxyl groups excluding tert-OH is 1. The maximum atomic E-state index is 9.22. The van der Waals surface area contributed by atoms with Gasteiger partial charge in [0.25, 0.3) is 0 Å². The van der Waals surface area contributed by atoms with E-state index < -0.39 is 0 Å². The van der Waals surface area contributed by atoms with Crippen LogP contribution in [0.5, 0.6) is 5.75 Å². The first-order chi connectivity index (χ1) is 11.8. The summed E-state index contributed by atoms with van der Waals surface area (Å²) in [6.45, 7) is 2.58. The molecule has 24 heavy (non-hydrogen) atoms. The molecule has 2 heterocycles. The van der Waals surface area contributed by atoms with Crippen LogP contribution in [-0.4, -0.2) is 37.5 Å². The van der Waals surface area contributed by atoms with Gasteiger partial charge in [0.1, 0.15) is 18.5 Å². The summed E-state index contributed by atoms with van der Waals surface area (Å²) in [5.74, 6) is 2.15. The van der Waals surface area contributed by atoms with Gasteiger partial charge in [-0.1, -0.05) is 12.1 Å². The topological polar surface area (TPSA) is 62.8 Å². The molecule has 0 bridgehead atoms. The number of hydrogen-bond donors (Lipinski definition) is 3. The van der Waals surface area contributed by atoms with Gasteiger partial charge in [-0.25, -0.2) is 0 Å². The lowest BCUT2D eigenvalue weighted by Gasteiger charge is -2.23. The van der Waals surface area contributed by atoms with E-state index in [1.165, 1.54) is 11.1 Å². The highest BCUT2D eigenvalue weighted by molar-refractivity contribution is 5.74. The Balaban J connectivity index is 1.43. The molecular weight excluding hydrogens is 304 g/mol. The van der Waals surface area contributed by atoms with Crippen LogP contribution in [0.2, 0.25) is 0 Å². The summed E-state index contributed by atoms with van der Waals surface area (Å²) in [5, 5.41) is 15.9. The summed E-state index contributed by atoms with van der Waals surface area (Å²) in [7, 11) is 0. The van der Waals surface area contributed by atoms with Gasteiger partial charge in [-0.05, 0) is 54.5 Å².